The van der Waals surface area contributed by atoms with Gasteiger partial charge in [-0.3, -0.25) is 24.0 Å². The van der Waals surface area contributed by atoms with Crippen LogP contribution in [0.5, 0.6) is 0 Å². The summed E-state index contributed by atoms with van der Waals surface area (Å²) in [6.07, 6.45) is -9.12. The van der Waals surface area contributed by atoms with Crippen LogP contribution in [0, 0.1) is 5.41 Å². The third-order valence-electron chi connectivity index (χ3n) is 11.8. The first kappa shape index (κ1) is 48.2. The second-order valence-corrected chi connectivity index (χ2v) is 17.7. The normalized spacial score (nSPS) is 25.8. The van der Waals surface area contributed by atoms with Gasteiger partial charge >= 0.3 is 24.1 Å². The number of benzene rings is 3. The number of amides is 2. The molecule has 1 aliphatic carbocycles. The van der Waals surface area contributed by atoms with E-state index >= 15 is 4.79 Å². The number of alkyl halides is 3. The number of rotatable bonds is 16. The fourth-order valence-electron chi connectivity index (χ4n) is 8.92. The van der Waals surface area contributed by atoms with Crippen molar-refractivity contribution in [1.29, 1.82) is 0 Å². The second-order valence-electron chi connectivity index (χ2n) is 17.7. The molecule has 16 nitrogen and oxygen atoms in total. The Bertz CT molecular complexity index is 2250. The highest BCUT2D eigenvalue weighted by Crippen LogP contribution is 2.59. The van der Waals surface area contributed by atoms with E-state index in [4.69, 9.17) is 23.8 Å². The van der Waals surface area contributed by atoms with Gasteiger partial charge in [-0.25, -0.2) is 4.79 Å². The number of hydroxylamine groups is 2. The third-order valence-corrected chi connectivity index (χ3v) is 11.8. The van der Waals surface area contributed by atoms with Crippen LogP contribution in [0.4, 0.5) is 13.2 Å². The van der Waals surface area contributed by atoms with Gasteiger partial charge in [-0.15, -0.1) is 0 Å². The van der Waals surface area contributed by atoms with E-state index in [0.717, 1.165) is 6.08 Å². The molecule has 4 aliphatic rings. The fraction of sp³-hybridized carbons (Fsp3) is 0.468. The smallest absolute Gasteiger partial charge is 0.422 e. The number of hydrogen-bond donors (Lipinski definition) is 4. The quantitative estimate of drug-likeness (QED) is 0.0918. The third kappa shape index (κ3) is 10.2. The molecule has 0 aromatic heterocycles. The predicted octanol–water partition coefficient (Wildman–Crippen LogP) is 3.76. The monoisotopic (exact) mass is 923 g/mol. The molecule has 3 saturated heterocycles. The Morgan fingerprint density at radius 1 is 0.924 bits per heavy atom. The second kappa shape index (κ2) is 19.3. The van der Waals surface area contributed by atoms with Crippen molar-refractivity contribution in [2.45, 2.75) is 120 Å². The summed E-state index contributed by atoms with van der Waals surface area (Å²) in [4.78, 5) is 75.0. The number of hydrogen-bond acceptors (Lipinski definition) is 14. The van der Waals surface area contributed by atoms with Gasteiger partial charge in [0.1, 0.15) is 41.5 Å². The van der Waals surface area contributed by atoms with Crippen LogP contribution >= 0.6 is 0 Å². The van der Waals surface area contributed by atoms with Crippen molar-refractivity contribution in [3.05, 3.63) is 113 Å². The lowest BCUT2D eigenvalue weighted by molar-refractivity contribution is -0.213. The van der Waals surface area contributed by atoms with E-state index < -0.39 is 115 Å². The largest absolute Gasteiger partial charge is 0.460 e. The van der Waals surface area contributed by atoms with Gasteiger partial charge in [0.15, 0.2) is 12.6 Å². The van der Waals surface area contributed by atoms with Crippen LogP contribution in [0.1, 0.15) is 69.2 Å². The van der Waals surface area contributed by atoms with E-state index in [1.54, 1.807) is 93.6 Å². The first-order valence-electron chi connectivity index (χ1n) is 21.5. The predicted molar refractivity (Wildman–Crippen MR) is 225 cm³/mol. The number of aliphatic hydroxyl groups is 2. The Labute approximate surface area is 378 Å². The Morgan fingerprint density at radius 2 is 1.55 bits per heavy atom. The zero-order chi connectivity index (χ0) is 47.6. The Kier molecular flexibility index (Phi) is 14.1. The van der Waals surface area contributed by atoms with Gasteiger partial charge in [0.05, 0.1) is 25.3 Å². The maximum Gasteiger partial charge on any atom is 0.422 e. The Hall–Kier alpha value is -5.70. The molecule has 9 atom stereocenters. The van der Waals surface area contributed by atoms with Gasteiger partial charge in [-0.05, 0) is 51.3 Å². The van der Waals surface area contributed by atoms with Gasteiger partial charge in [0.2, 0.25) is 17.6 Å². The highest BCUT2D eigenvalue weighted by atomic mass is 19.4. The van der Waals surface area contributed by atoms with Gasteiger partial charge in [0, 0.05) is 30.0 Å². The summed E-state index contributed by atoms with van der Waals surface area (Å²) in [5, 5.41) is 27.7. The first-order valence-corrected chi connectivity index (χ1v) is 21.5. The summed E-state index contributed by atoms with van der Waals surface area (Å²) < 4.78 is 67.8. The summed E-state index contributed by atoms with van der Waals surface area (Å²) in [6, 6.07) is 20.4. The molecule has 2 bridgehead atoms. The van der Waals surface area contributed by atoms with Crippen LogP contribution in [0.3, 0.4) is 0 Å². The number of aliphatic hydroxyl groups excluding tert-OH is 2. The maximum atomic E-state index is 15.3. The standard InChI is InChI=1S/C47H52F3N3O13/c1-27(55)36(41(58)51-32(25-54)20-22-35(57)63-44(2,3)4)52-43(60)45-23-33-37-38(65-47(64-37,30-15-7-5-8-16-30)31-17-9-6-10-18-31)40(45)66-53(39(45)42(59)62-33)24-29-14-12-11-13-28(29)19-21-34(56)61-26-46(48,49)50/h5-19,21,27,32-33,36-40,54-55H,20,22-26H2,1-4H3,(H,51,58)(H,52,60). The Balaban J connectivity index is 1.23. The van der Waals surface area contributed by atoms with Gasteiger partial charge < -0.3 is 44.5 Å². The molecular weight excluding hydrogens is 872 g/mol. The van der Waals surface area contributed by atoms with Crippen LogP contribution in [0.25, 0.3) is 6.08 Å². The van der Waals surface area contributed by atoms with Crippen molar-refractivity contribution in [3.8, 4) is 0 Å². The molecule has 3 aromatic carbocycles. The van der Waals surface area contributed by atoms with Crippen LogP contribution < -0.4 is 10.6 Å². The van der Waals surface area contributed by atoms with Crippen LogP contribution in [0.2, 0.25) is 0 Å². The minimum atomic E-state index is -4.74. The number of carbonyl (C=O) groups excluding carboxylic acids is 5. The average molecular weight is 924 g/mol. The van der Waals surface area contributed by atoms with Crippen molar-refractivity contribution in [3.63, 3.8) is 0 Å². The molecule has 7 rings (SSSR count). The molecule has 3 heterocycles. The van der Waals surface area contributed by atoms with Gasteiger partial charge in [-0.1, -0.05) is 84.9 Å². The molecule has 9 unspecified atom stereocenters. The molecule has 3 aliphatic heterocycles. The minimum absolute atomic E-state index is 0.0293. The number of fused-ring (bicyclic) bond motifs is 4. The molecule has 0 spiro atoms. The SMILES string of the molecule is CC(O)C(NC(=O)C12CC3OC(=O)C1N(Cc1ccccc1C=CC(=O)OCC(F)(F)F)OC2C1OC(c2ccccc2)(c2ccccc2)OC31)C(=O)NC(CO)CCC(=O)OC(C)(C)C. The maximum absolute atomic E-state index is 15.3. The first-order chi connectivity index (χ1) is 31.2. The Morgan fingerprint density at radius 3 is 2.15 bits per heavy atom. The number of nitrogens with one attached hydrogen (secondary N) is 2. The molecule has 4 fully saturated rings. The number of halogens is 3. The van der Waals surface area contributed by atoms with Crippen LogP contribution in [-0.2, 0) is 64.8 Å². The summed E-state index contributed by atoms with van der Waals surface area (Å²) in [5.41, 5.74) is -0.740. The minimum Gasteiger partial charge on any atom is -0.460 e. The highest BCUT2D eigenvalue weighted by Gasteiger charge is 2.77. The van der Waals surface area contributed by atoms with Crippen molar-refractivity contribution < 1.29 is 75.9 Å². The average Bonchev–Trinajstić information content (AvgIpc) is 3.85. The molecule has 3 aromatic rings. The van der Waals surface area contributed by atoms with Crippen molar-refractivity contribution in [2.75, 3.05) is 13.2 Å². The fourth-order valence-corrected chi connectivity index (χ4v) is 8.92. The molecule has 354 valence electrons. The van der Waals surface area contributed by atoms with Crippen LogP contribution in [0.15, 0.2) is 91.0 Å². The molecule has 0 radical (unpaired) electrons. The lowest BCUT2D eigenvalue weighted by Gasteiger charge is -2.49. The molecule has 2 amide bonds. The summed E-state index contributed by atoms with van der Waals surface area (Å²) in [7, 11) is 0. The topological polar surface area (TPSA) is 208 Å². The molecular formula is C47H52F3N3O13. The van der Waals surface area contributed by atoms with Crippen LogP contribution in [-0.4, -0.2) is 119 Å². The molecule has 4 N–H and O–H groups in total. The number of ether oxygens (including phenoxy) is 5. The molecule has 66 heavy (non-hydrogen) atoms. The summed E-state index contributed by atoms with van der Waals surface area (Å²) >= 11 is 0. The zero-order valence-electron chi connectivity index (χ0n) is 36.6. The summed E-state index contributed by atoms with van der Waals surface area (Å²) in [6.45, 7) is 3.75. The van der Waals surface area contributed by atoms with Crippen molar-refractivity contribution in [1.82, 2.24) is 15.7 Å². The van der Waals surface area contributed by atoms with E-state index in [-0.39, 0.29) is 25.8 Å². The highest BCUT2D eigenvalue weighted by molar-refractivity contribution is 5.96. The van der Waals surface area contributed by atoms with E-state index in [9.17, 15) is 42.6 Å². The van der Waals surface area contributed by atoms with Gasteiger partial charge in [-0.2, -0.15) is 18.2 Å². The van der Waals surface area contributed by atoms with Crippen molar-refractivity contribution in [2.24, 2.45) is 5.41 Å². The number of esters is 3. The van der Waals surface area contributed by atoms with E-state index in [2.05, 4.69) is 15.4 Å². The van der Waals surface area contributed by atoms with Crippen molar-refractivity contribution >= 4 is 35.8 Å². The van der Waals surface area contributed by atoms with E-state index in [1.807, 2.05) is 12.1 Å². The number of carbonyl (C=O) groups is 5. The van der Waals surface area contributed by atoms with E-state index in [1.165, 1.54) is 18.1 Å². The summed E-state index contributed by atoms with van der Waals surface area (Å²) in [5.74, 6) is -6.06. The van der Waals surface area contributed by atoms with Gasteiger partial charge in [0.25, 0.3) is 0 Å². The molecule has 19 heteroatoms. The number of nitrogens with zero attached hydrogens (tertiary/aromatic N) is 1. The molecule has 1 saturated carbocycles. The lowest BCUT2D eigenvalue weighted by atomic mass is 9.62. The zero-order valence-corrected chi connectivity index (χ0v) is 36.6. The van der Waals surface area contributed by atoms with E-state index in [0.29, 0.717) is 22.3 Å². The lowest BCUT2D eigenvalue weighted by Crippen LogP contribution is -2.71.